The van der Waals surface area contributed by atoms with E-state index in [1.165, 1.54) is 18.6 Å². The Kier molecular flexibility index (Phi) is 7.23. The van der Waals surface area contributed by atoms with Crippen molar-refractivity contribution in [2.24, 2.45) is 0 Å². The van der Waals surface area contributed by atoms with Crippen molar-refractivity contribution in [2.45, 2.75) is 33.1 Å². The topological polar surface area (TPSA) is 58.2 Å². The van der Waals surface area contributed by atoms with E-state index in [0.29, 0.717) is 19.0 Å². The molecule has 0 heterocycles. The summed E-state index contributed by atoms with van der Waals surface area (Å²) < 4.78 is 0. The highest BCUT2D eigenvalue weighted by Gasteiger charge is 1.98. The summed E-state index contributed by atoms with van der Waals surface area (Å²) in [6, 6.07) is 8.18. The quantitative estimate of drug-likeness (QED) is 0.598. The molecular weight excluding hydrogens is 264 g/mol. The third-order valence-electron chi connectivity index (χ3n) is 3.06. The van der Waals surface area contributed by atoms with Gasteiger partial charge in [0.15, 0.2) is 0 Å². The molecule has 0 aliphatic carbocycles. The van der Waals surface area contributed by atoms with Crippen LogP contribution < -0.4 is 10.6 Å². The molecule has 0 radical (unpaired) electrons. The van der Waals surface area contributed by atoms with Crippen LogP contribution >= 0.6 is 0 Å². The van der Waals surface area contributed by atoms with Crippen molar-refractivity contribution in [3.63, 3.8) is 0 Å². The number of amides is 2. The van der Waals surface area contributed by atoms with E-state index in [9.17, 15) is 9.59 Å². The fourth-order valence-electron chi connectivity index (χ4n) is 1.79. The Morgan fingerprint density at radius 1 is 1.10 bits per heavy atom. The van der Waals surface area contributed by atoms with E-state index in [2.05, 4.69) is 36.6 Å². The van der Waals surface area contributed by atoms with Crippen LogP contribution in [0.2, 0.25) is 0 Å². The maximum absolute atomic E-state index is 11.6. The second-order valence-corrected chi connectivity index (χ2v) is 5.28. The lowest BCUT2D eigenvalue weighted by atomic mass is 10.0. The predicted molar refractivity (Wildman–Crippen MR) is 85.9 cm³/mol. The second kappa shape index (κ2) is 8.95. The Hall–Kier alpha value is -2.10. The van der Waals surface area contributed by atoms with Crippen LogP contribution in [0.1, 0.15) is 44.2 Å². The summed E-state index contributed by atoms with van der Waals surface area (Å²) in [5.74, 6) is 0.340. The molecule has 0 aliphatic rings. The predicted octanol–water partition coefficient (Wildman–Crippen LogP) is 2.47. The van der Waals surface area contributed by atoms with Gasteiger partial charge < -0.3 is 10.6 Å². The van der Waals surface area contributed by atoms with Gasteiger partial charge in [0.25, 0.3) is 0 Å². The highest BCUT2D eigenvalue weighted by atomic mass is 16.2. The van der Waals surface area contributed by atoms with Gasteiger partial charge in [-0.05, 0) is 29.5 Å². The van der Waals surface area contributed by atoms with Gasteiger partial charge in [-0.2, -0.15) is 0 Å². The van der Waals surface area contributed by atoms with E-state index < -0.39 is 0 Å². The van der Waals surface area contributed by atoms with E-state index in [4.69, 9.17) is 0 Å². The summed E-state index contributed by atoms with van der Waals surface area (Å²) in [5.41, 5.74) is 2.29. The van der Waals surface area contributed by atoms with Gasteiger partial charge in [-0.15, -0.1) is 0 Å². The molecule has 1 rings (SSSR count). The zero-order chi connectivity index (χ0) is 15.7. The first-order chi connectivity index (χ1) is 9.99. The lowest BCUT2D eigenvalue weighted by Crippen LogP contribution is -2.27. The summed E-state index contributed by atoms with van der Waals surface area (Å²) in [7, 11) is 0. The molecule has 4 heteroatoms. The number of hydrogen-bond donors (Lipinski definition) is 2. The molecule has 0 saturated carbocycles. The molecule has 2 amide bonds. The molecule has 0 spiro atoms. The molecule has 114 valence electrons. The lowest BCUT2D eigenvalue weighted by molar-refractivity contribution is -0.119. The molecule has 0 fully saturated rings. The molecule has 0 aromatic heterocycles. The third kappa shape index (κ3) is 7.30. The van der Waals surface area contributed by atoms with Gasteiger partial charge in [0.05, 0.1) is 0 Å². The van der Waals surface area contributed by atoms with Crippen LogP contribution in [0.4, 0.5) is 0 Å². The summed E-state index contributed by atoms with van der Waals surface area (Å²) in [6.45, 7) is 6.91. The highest BCUT2D eigenvalue weighted by Crippen LogP contribution is 2.15. The summed E-state index contributed by atoms with van der Waals surface area (Å²) in [5, 5.41) is 5.46. The molecular formula is C17H24N2O2. The maximum Gasteiger partial charge on any atom is 0.244 e. The molecule has 0 atom stereocenters. The molecule has 4 nitrogen and oxygen atoms in total. The highest BCUT2D eigenvalue weighted by molar-refractivity contribution is 5.91. The van der Waals surface area contributed by atoms with Crippen LogP contribution in [0.15, 0.2) is 30.3 Å². The minimum atomic E-state index is -0.120. The van der Waals surface area contributed by atoms with E-state index >= 15 is 0 Å². The normalized spacial score (nSPS) is 10.9. The van der Waals surface area contributed by atoms with Crippen LogP contribution in [0.5, 0.6) is 0 Å². The molecule has 0 saturated heterocycles. The van der Waals surface area contributed by atoms with Crippen molar-refractivity contribution in [1.82, 2.24) is 10.6 Å². The second-order valence-electron chi connectivity index (χ2n) is 5.28. The monoisotopic (exact) mass is 288 g/mol. The molecule has 2 N–H and O–H groups in total. The van der Waals surface area contributed by atoms with Gasteiger partial charge in [-0.25, -0.2) is 0 Å². The Balaban J connectivity index is 2.31. The molecule has 0 unspecified atom stereocenters. The minimum Gasteiger partial charge on any atom is -0.356 e. The number of carbonyl (C=O) groups excluding carboxylic acids is 2. The van der Waals surface area contributed by atoms with Gasteiger partial charge >= 0.3 is 0 Å². The smallest absolute Gasteiger partial charge is 0.244 e. The number of nitrogens with one attached hydrogen (secondary N) is 2. The number of hydrogen-bond acceptors (Lipinski definition) is 2. The van der Waals surface area contributed by atoms with Crippen LogP contribution in [-0.4, -0.2) is 24.9 Å². The fourth-order valence-corrected chi connectivity index (χ4v) is 1.79. The largest absolute Gasteiger partial charge is 0.356 e. The maximum atomic E-state index is 11.6. The van der Waals surface area contributed by atoms with E-state index in [1.54, 1.807) is 6.08 Å². The third-order valence-corrected chi connectivity index (χ3v) is 3.06. The fraction of sp³-hybridized carbons (Fsp3) is 0.412. The van der Waals surface area contributed by atoms with Crippen LogP contribution in [-0.2, 0) is 9.59 Å². The minimum absolute atomic E-state index is 0.0499. The van der Waals surface area contributed by atoms with Gasteiger partial charge in [-0.1, -0.05) is 38.1 Å². The number of rotatable bonds is 7. The zero-order valence-corrected chi connectivity index (χ0v) is 13.0. The van der Waals surface area contributed by atoms with Gasteiger partial charge in [-0.3, -0.25) is 9.59 Å². The molecule has 1 aromatic carbocycles. The van der Waals surface area contributed by atoms with E-state index in [-0.39, 0.29) is 11.8 Å². The van der Waals surface area contributed by atoms with Crippen LogP contribution in [0.3, 0.4) is 0 Å². The summed E-state index contributed by atoms with van der Waals surface area (Å²) >= 11 is 0. The number of carbonyl (C=O) groups is 2. The first-order valence-electron chi connectivity index (χ1n) is 7.29. The van der Waals surface area contributed by atoms with Crippen molar-refractivity contribution >= 4 is 17.9 Å². The zero-order valence-electron chi connectivity index (χ0n) is 13.0. The first kappa shape index (κ1) is 17.0. The van der Waals surface area contributed by atoms with Crippen molar-refractivity contribution < 1.29 is 9.59 Å². The Bertz CT molecular complexity index is 490. The number of benzene rings is 1. The average Bonchev–Trinajstić information content (AvgIpc) is 2.44. The standard InChI is InChI=1S/C17H24N2O2/c1-13(2)16-8-5-15(6-9-16)7-10-17(21)19-12-4-11-18-14(3)20/h5-10,13H,4,11-12H2,1-3H3,(H,18,20)(H,19,21)/b10-7+. The first-order valence-corrected chi connectivity index (χ1v) is 7.29. The lowest BCUT2D eigenvalue weighted by Gasteiger charge is -2.05. The summed E-state index contributed by atoms with van der Waals surface area (Å²) in [6.07, 6.45) is 4.05. The van der Waals surface area contributed by atoms with Crippen LogP contribution in [0.25, 0.3) is 6.08 Å². The molecule has 21 heavy (non-hydrogen) atoms. The van der Waals surface area contributed by atoms with Crippen LogP contribution in [0, 0.1) is 0 Å². The van der Waals surface area contributed by atoms with Crippen molar-refractivity contribution in [2.75, 3.05) is 13.1 Å². The van der Waals surface area contributed by atoms with Crippen molar-refractivity contribution in [3.05, 3.63) is 41.5 Å². The van der Waals surface area contributed by atoms with Gasteiger partial charge in [0.2, 0.25) is 11.8 Å². The Morgan fingerprint density at radius 2 is 1.71 bits per heavy atom. The Morgan fingerprint density at radius 3 is 2.29 bits per heavy atom. The molecule has 0 aliphatic heterocycles. The van der Waals surface area contributed by atoms with Gasteiger partial charge in [0.1, 0.15) is 0 Å². The van der Waals surface area contributed by atoms with Gasteiger partial charge in [0, 0.05) is 26.1 Å². The van der Waals surface area contributed by atoms with E-state index in [1.807, 2.05) is 12.1 Å². The summed E-state index contributed by atoms with van der Waals surface area (Å²) in [4.78, 5) is 22.3. The average molecular weight is 288 g/mol. The Labute approximate surface area is 126 Å². The SMILES string of the molecule is CC(=O)NCCCNC(=O)/C=C/c1ccc(C(C)C)cc1. The molecule has 0 bridgehead atoms. The molecule has 1 aromatic rings. The van der Waals surface area contributed by atoms with Crippen molar-refractivity contribution in [1.29, 1.82) is 0 Å². The van der Waals surface area contributed by atoms with Crippen molar-refractivity contribution in [3.8, 4) is 0 Å². The van der Waals surface area contributed by atoms with E-state index in [0.717, 1.165) is 12.0 Å².